The minimum absolute atomic E-state index is 0.0886. The van der Waals surface area contributed by atoms with Gasteiger partial charge in [0.05, 0.1) is 5.02 Å². The van der Waals surface area contributed by atoms with E-state index in [1.807, 2.05) is 0 Å². The van der Waals surface area contributed by atoms with Crippen LogP contribution in [0, 0.1) is 12.7 Å². The van der Waals surface area contributed by atoms with Crippen LogP contribution in [0.5, 0.6) is 11.5 Å². The van der Waals surface area contributed by atoms with Gasteiger partial charge in [0, 0.05) is 6.08 Å². The van der Waals surface area contributed by atoms with Crippen LogP contribution < -0.4 is 4.74 Å². The van der Waals surface area contributed by atoms with Crippen molar-refractivity contribution in [2.75, 3.05) is 0 Å². The van der Waals surface area contributed by atoms with Crippen molar-refractivity contribution in [3.05, 3.63) is 64.4 Å². The van der Waals surface area contributed by atoms with Gasteiger partial charge in [0.2, 0.25) is 0 Å². The standard InChI is InChI=1S/C16H12ClFO3/c1-10-3-2-4-14(16(10)18)21-13-7-5-11(9-12(13)17)6-8-15(19)20/h2-9H,1H3,(H,19,20)/b8-6+. The zero-order chi connectivity index (χ0) is 15.4. The van der Waals surface area contributed by atoms with Crippen LogP contribution in [0.15, 0.2) is 42.5 Å². The predicted molar refractivity (Wildman–Crippen MR) is 79.3 cm³/mol. The van der Waals surface area contributed by atoms with Gasteiger partial charge in [-0.3, -0.25) is 0 Å². The molecule has 0 saturated heterocycles. The topological polar surface area (TPSA) is 46.5 Å². The van der Waals surface area contributed by atoms with E-state index in [-0.39, 0.29) is 10.8 Å². The Labute approximate surface area is 126 Å². The van der Waals surface area contributed by atoms with Gasteiger partial charge < -0.3 is 9.84 Å². The van der Waals surface area contributed by atoms with E-state index in [0.29, 0.717) is 16.9 Å². The Hall–Kier alpha value is -2.33. The fourth-order valence-electron chi connectivity index (χ4n) is 1.69. The highest BCUT2D eigenvalue weighted by molar-refractivity contribution is 6.32. The maximum Gasteiger partial charge on any atom is 0.328 e. The van der Waals surface area contributed by atoms with Crippen LogP contribution in [0.4, 0.5) is 4.39 Å². The minimum Gasteiger partial charge on any atom is -0.478 e. The normalized spacial score (nSPS) is 10.8. The molecule has 0 heterocycles. The van der Waals surface area contributed by atoms with E-state index in [0.717, 1.165) is 6.08 Å². The Bertz CT molecular complexity index is 711. The lowest BCUT2D eigenvalue weighted by molar-refractivity contribution is -0.131. The maximum atomic E-state index is 13.9. The first-order valence-corrected chi connectivity index (χ1v) is 6.48. The van der Waals surface area contributed by atoms with Crippen molar-refractivity contribution >= 4 is 23.6 Å². The van der Waals surface area contributed by atoms with Crippen molar-refractivity contribution < 1.29 is 19.0 Å². The van der Waals surface area contributed by atoms with Crippen LogP contribution in [0.3, 0.4) is 0 Å². The predicted octanol–water partition coefficient (Wildman–Crippen LogP) is 4.68. The van der Waals surface area contributed by atoms with Gasteiger partial charge in [-0.1, -0.05) is 29.8 Å². The Morgan fingerprint density at radius 1 is 1.29 bits per heavy atom. The number of aliphatic carboxylic acids is 1. The molecule has 0 unspecified atom stereocenters. The van der Waals surface area contributed by atoms with E-state index in [1.54, 1.807) is 37.3 Å². The van der Waals surface area contributed by atoms with Gasteiger partial charge in [-0.2, -0.15) is 0 Å². The van der Waals surface area contributed by atoms with Gasteiger partial charge in [0.15, 0.2) is 11.6 Å². The lowest BCUT2D eigenvalue weighted by atomic mass is 10.2. The summed E-state index contributed by atoms with van der Waals surface area (Å²) >= 11 is 6.06. The Morgan fingerprint density at radius 3 is 2.71 bits per heavy atom. The largest absolute Gasteiger partial charge is 0.478 e. The molecular weight excluding hydrogens is 295 g/mol. The Kier molecular flexibility index (Phi) is 4.60. The number of rotatable bonds is 4. The lowest BCUT2D eigenvalue weighted by Gasteiger charge is -2.10. The zero-order valence-corrected chi connectivity index (χ0v) is 11.9. The van der Waals surface area contributed by atoms with E-state index in [9.17, 15) is 9.18 Å². The first-order chi connectivity index (χ1) is 9.97. The molecule has 0 aliphatic heterocycles. The number of benzene rings is 2. The summed E-state index contributed by atoms with van der Waals surface area (Å²) in [5.41, 5.74) is 1.09. The summed E-state index contributed by atoms with van der Waals surface area (Å²) in [4.78, 5) is 10.4. The van der Waals surface area contributed by atoms with Gasteiger partial charge in [-0.15, -0.1) is 0 Å². The van der Waals surface area contributed by atoms with E-state index >= 15 is 0 Å². The van der Waals surface area contributed by atoms with Crippen LogP contribution >= 0.6 is 11.6 Å². The van der Waals surface area contributed by atoms with E-state index < -0.39 is 11.8 Å². The molecule has 0 aromatic heterocycles. The fraction of sp³-hybridized carbons (Fsp3) is 0.0625. The SMILES string of the molecule is Cc1cccc(Oc2ccc(/C=C/C(=O)O)cc2Cl)c1F. The second-order valence-electron chi connectivity index (χ2n) is 4.35. The first kappa shape index (κ1) is 15.1. The molecule has 0 bridgehead atoms. The highest BCUT2D eigenvalue weighted by Gasteiger charge is 2.09. The number of hydrogen-bond acceptors (Lipinski definition) is 2. The second kappa shape index (κ2) is 6.41. The number of carboxylic acids is 1. The monoisotopic (exact) mass is 306 g/mol. The second-order valence-corrected chi connectivity index (χ2v) is 4.76. The van der Waals surface area contributed by atoms with E-state index in [2.05, 4.69) is 0 Å². The smallest absolute Gasteiger partial charge is 0.328 e. The summed E-state index contributed by atoms with van der Waals surface area (Å²) in [5.74, 6) is -1.10. The van der Waals surface area contributed by atoms with E-state index in [4.69, 9.17) is 21.4 Å². The van der Waals surface area contributed by atoms with Crippen LogP contribution in [-0.2, 0) is 4.79 Å². The molecule has 5 heteroatoms. The van der Waals surface area contributed by atoms with Crippen molar-refractivity contribution in [2.24, 2.45) is 0 Å². The Morgan fingerprint density at radius 2 is 2.05 bits per heavy atom. The average Bonchev–Trinajstić information content (AvgIpc) is 2.44. The van der Waals surface area contributed by atoms with Gasteiger partial charge in [0.1, 0.15) is 5.75 Å². The summed E-state index contributed by atoms with van der Waals surface area (Å²) in [7, 11) is 0. The van der Waals surface area contributed by atoms with Gasteiger partial charge in [0.25, 0.3) is 0 Å². The number of ether oxygens (including phenoxy) is 1. The molecule has 108 valence electrons. The van der Waals surface area contributed by atoms with Crippen molar-refractivity contribution in [2.45, 2.75) is 6.92 Å². The molecule has 0 amide bonds. The summed E-state index contributed by atoms with van der Waals surface area (Å²) < 4.78 is 19.3. The fourth-order valence-corrected chi connectivity index (χ4v) is 1.92. The van der Waals surface area contributed by atoms with Gasteiger partial charge in [-0.05, 0) is 42.3 Å². The molecule has 0 spiro atoms. The minimum atomic E-state index is -1.05. The summed E-state index contributed by atoms with van der Waals surface area (Å²) in [6, 6.07) is 9.58. The van der Waals surface area contributed by atoms with Crippen LogP contribution in [-0.4, -0.2) is 11.1 Å². The first-order valence-electron chi connectivity index (χ1n) is 6.11. The number of carboxylic acid groups (broad SMARTS) is 1. The third-order valence-electron chi connectivity index (χ3n) is 2.75. The molecule has 0 saturated carbocycles. The van der Waals surface area contributed by atoms with Crippen LogP contribution in [0.1, 0.15) is 11.1 Å². The number of carbonyl (C=O) groups is 1. The molecule has 0 atom stereocenters. The molecular formula is C16H12ClFO3. The van der Waals surface area contributed by atoms with Crippen LogP contribution in [0.25, 0.3) is 6.08 Å². The molecule has 2 aromatic rings. The summed E-state index contributed by atoms with van der Waals surface area (Å²) in [6.45, 7) is 1.64. The number of aryl methyl sites for hydroxylation is 1. The molecule has 0 aliphatic rings. The van der Waals surface area contributed by atoms with Gasteiger partial charge >= 0.3 is 5.97 Å². The molecule has 0 fully saturated rings. The van der Waals surface area contributed by atoms with Crippen LogP contribution in [0.2, 0.25) is 5.02 Å². The molecule has 3 nitrogen and oxygen atoms in total. The molecule has 2 aromatic carbocycles. The van der Waals surface area contributed by atoms with Gasteiger partial charge in [-0.25, -0.2) is 9.18 Å². The van der Waals surface area contributed by atoms with Crippen molar-refractivity contribution in [1.29, 1.82) is 0 Å². The number of hydrogen-bond donors (Lipinski definition) is 1. The third-order valence-corrected chi connectivity index (χ3v) is 3.05. The Balaban J connectivity index is 2.25. The highest BCUT2D eigenvalue weighted by atomic mass is 35.5. The quantitative estimate of drug-likeness (QED) is 0.834. The maximum absolute atomic E-state index is 13.9. The van der Waals surface area contributed by atoms with Crippen molar-refractivity contribution in [1.82, 2.24) is 0 Å². The average molecular weight is 307 g/mol. The highest BCUT2D eigenvalue weighted by Crippen LogP contribution is 2.32. The molecule has 1 N–H and O–H groups in total. The summed E-state index contributed by atoms with van der Waals surface area (Å²) in [6.07, 6.45) is 2.41. The number of halogens is 2. The molecule has 21 heavy (non-hydrogen) atoms. The van der Waals surface area contributed by atoms with Crippen molar-refractivity contribution in [3.8, 4) is 11.5 Å². The molecule has 2 rings (SSSR count). The zero-order valence-electron chi connectivity index (χ0n) is 11.1. The van der Waals surface area contributed by atoms with E-state index in [1.165, 1.54) is 12.1 Å². The molecule has 0 radical (unpaired) electrons. The summed E-state index contributed by atoms with van der Waals surface area (Å²) in [5, 5.41) is 8.83. The van der Waals surface area contributed by atoms with Crippen molar-refractivity contribution in [3.63, 3.8) is 0 Å². The third kappa shape index (κ3) is 3.83. The molecule has 0 aliphatic carbocycles. The lowest BCUT2D eigenvalue weighted by Crippen LogP contribution is -1.92.